The van der Waals surface area contributed by atoms with Crippen LogP contribution in [-0.4, -0.2) is 15.5 Å². The SMILES string of the molecule is CC(C)C(=O)Nc1ccn(C)c(=O)n1. The molecular weight excluding hydrogens is 182 g/mol. The topological polar surface area (TPSA) is 64.0 Å². The molecule has 1 rings (SSSR count). The van der Waals surface area contributed by atoms with E-state index >= 15 is 0 Å². The first kappa shape index (κ1) is 10.4. The van der Waals surface area contributed by atoms with Crippen LogP contribution in [0, 0.1) is 5.92 Å². The minimum Gasteiger partial charge on any atom is -0.310 e. The average molecular weight is 195 g/mol. The summed E-state index contributed by atoms with van der Waals surface area (Å²) in [5.74, 6) is 0.0263. The van der Waals surface area contributed by atoms with Gasteiger partial charge in [0.05, 0.1) is 0 Å². The fourth-order valence-electron chi connectivity index (χ4n) is 0.806. The van der Waals surface area contributed by atoms with Crippen LogP contribution >= 0.6 is 0 Å². The molecule has 0 aromatic carbocycles. The molecule has 5 nitrogen and oxygen atoms in total. The minimum absolute atomic E-state index is 0.124. The number of aromatic nitrogens is 2. The maximum absolute atomic E-state index is 11.2. The van der Waals surface area contributed by atoms with Gasteiger partial charge in [-0.05, 0) is 6.07 Å². The van der Waals surface area contributed by atoms with Gasteiger partial charge in [0.1, 0.15) is 5.82 Å². The Hall–Kier alpha value is -1.65. The van der Waals surface area contributed by atoms with Crippen LogP contribution in [0.15, 0.2) is 17.1 Å². The number of nitrogens with one attached hydrogen (secondary N) is 1. The number of aryl methyl sites for hydroxylation is 1. The number of hydrogen-bond acceptors (Lipinski definition) is 3. The summed E-state index contributed by atoms with van der Waals surface area (Å²) in [6, 6.07) is 1.58. The molecule has 1 aromatic rings. The molecule has 1 amide bonds. The second-order valence-corrected chi connectivity index (χ2v) is 3.35. The van der Waals surface area contributed by atoms with E-state index in [1.54, 1.807) is 33.2 Å². The largest absolute Gasteiger partial charge is 0.349 e. The smallest absolute Gasteiger partial charge is 0.310 e. The van der Waals surface area contributed by atoms with E-state index in [0.29, 0.717) is 5.82 Å². The number of carbonyl (C=O) groups excluding carboxylic acids is 1. The van der Waals surface area contributed by atoms with E-state index in [9.17, 15) is 9.59 Å². The van der Waals surface area contributed by atoms with E-state index < -0.39 is 0 Å². The Labute approximate surface area is 81.8 Å². The predicted octanol–water partition coefficient (Wildman–Crippen LogP) is 0.375. The number of anilines is 1. The Kier molecular flexibility index (Phi) is 3.01. The molecule has 0 aliphatic heterocycles. The van der Waals surface area contributed by atoms with Crippen molar-refractivity contribution in [2.45, 2.75) is 13.8 Å². The van der Waals surface area contributed by atoms with E-state index in [-0.39, 0.29) is 17.5 Å². The van der Waals surface area contributed by atoms with Crippen molar-refractivity contribution in [1.82, 2.24) is 9.55 Å². The predicted molar refractivity (Wildman–Crippen MR) is 52.9 cm³/mol. The Morgan fingerprint density at radius 2 is 2.21 bits per heavy atom. The number of nitrogens with zero attached hydrogens (tertiary/aromatic N) is 2. The Balaban J connectivity index is 2.84. The van der Waals surface area contributed by atoms with E-state index in [0.717, 1.165) is 0 Å². The lowest BCUT2D eigenvalue weighted by molar-refractivity contribution is -0.118. The number of hydrogen-bond donors (Lipinski definition) is 1. The molecule has 0 radical (unpaired) electrons. The molecule has 14 heavy (non-hydrogen) atoms. The first-order valence-corrected chi connectivity index (χ1v) is 4.35. The third-order valence-electron chi connectivity index (χ3n) is 1.75. The average Bonchev–Trinajstić information content (AvgIpc) is 2.11. The third kappa shape index (κ3) is 2.42. The zero-order chi connectivity index (χ0) is 10.7. The van der Waals surface area contributed by atoms with Crippen molar-refractivity contribution in [2.24, 2.45) is 13.0 Å². The molecule has 0 aliphatic carbocycles. The van der Waals surface area contributed by atoms with Gasteiger partial charge >= 0.3 is 5.69 Å². The van der Waals surface area contributed by atoms with Crippen LogP contribution in [0.1, 0.15) is 13.8 Å². The highest BCUT2D eigenvalue weighted by molar-refractivity contribution is 5.90. The van der Waals surface area contributed by atoms with Crippen molar-refractivity contribution < 1.29 is 4.79 Å². The van der Waals surface area contributed by atoms with Gasteiger partial charge in [-0.15, -0.1) is 0 Å². The van der Waals surface area contributed by atoms with Crippen molar-refractivity contribution in [1.29, 1.82) is 0 Å². The van der Waals surface area contributed by atoms with Crippen LogP contribution in [0.25, 0.3) is 0 Å². The molecule has 0 fully saturated rings. The molecule has 0 bridgehead atoms. The summed E-state index contributed by atoms with van der Waals surface area (Å²) in [5.41, 5.74) is -0.383. The monoisotopic (exact) mass is 195 g/mol. The molecule has 5 heteroatoms. The highest BCUT2D eigenvalue weighted by atomic mass is 16.2. The summed E-state index contributed by atoms with van der Waals surface area (Å²) in [4.78, 5) is 26.0. The molecule has 0 saturated heterocycles. The van der Waals surface area contributed by atoms with Gasteiger partial charge in [-0.1, -0.05) is 13.8 Å². The van der Waals surface area contributed by atoms with Crippen molar-refractivity contribution in [3.8, 4) is 0 Å². The van der Waals surface area contributed by atoms with Crippen LogP contribution in [0.2, 0.25) is 0 Å². The van der Waals surface area contributed by atoms with Crippen LogP contribution in [0.5, 0.6) is 0 Å². The molecule has 0 unspecified atom stereocenters. The molecule has 0 atom stereocenters. The fourth-order valence-corrected chi connectivity index (χ4v) is 0.806. The summed E-state index contributed by atoms with van der Waals surface area (Å²) in [6.07, 6.45) is 1.56. The Bertz CT molecular complexity index is 395. The van der Waals surface area contributed by atoms with E-state index in [1.165, 1.54) is 4.57 Å². The van der Waals surface area contributed by atoms with Gasteiger partial charge in [-0.2, -0.15) is 4.98 Å². The van der Waals surface area contributed by atoms with Gasteiger partial charge in [-0.3, -0.25) is 4.79 Å². The first-order chi connectivity index (χ1) is 6.50. The highest BCUT2D eigenvalue weighted by Crippen LogP contribution is 2.01. The molecule has 0 spiro atoms. The van der Waals surface area contributed by atoms with Crippen molar-refractivity contribution in [2.75, 3.05) is 5.32 Å². The zero-order valence-corrected chi connectivity index (χ0v) is 8.44. The van der Waals surface area contributed by atoms with Gasteiger partial charge in [-0.25, -0.2) is 4.79 Å². The second-order valence-electron chi connectivity index (χ2n) is 3.35. The van der Waals surface area contributed by atoms with Gasteiger partial charge in [0, 0.05) is 19.2 Å². The van der Waals surface area contributed by atoms with Crippen molar-refractivity contribution in [3.63, 3.8) is 0 Å². The highest BCUT2D eigenvalue weighted by Gasteiger charge is 2.07. The number of rotatable bonds is 2. The summed E-state index contributed by atoms with van der Waals surface area (Å²) < 4.78 is 1.34. The Morgan fingerprint density at radius 1 is 1.57 bits per heavy atom. The summed E-state index contributed by atoms with van der Waals surface area (Å²) in [6.45, 7) is 3.55. The lowest BCUT2D eigenvalue weighted by atomic mass is 10.2. The lowest BCUT2D eigenvalue weighted by Gasteiger charge is -2.06. The van der Waals surface area contributed by atoms with Crippen LogP contribution in [0.3, 0.4) is 0 Å². The van der Waals surface area contributed by atoms with E-state index in [4.69, 9.17) is 0 Å². The van der Waals surface area contributed by atoms with Crippen LogP contribution in [-0.2, 0) is 11.8 Å². The van der Waals surface area contributed by atoms with E-state index in [1.807, 2.05) is 0 Å². The standard InChI is InChI=1S/C9H13N3O2/c1-6(2)8(13)10-7-4-5-12(3)9(14)11-7/h4-6H,1-3H3,(H,10,11,13,14). The van der Waals surface area contributed by atoms with Gasteiger partial charge in [0.2, 0.25) is 5.91 Å². The molecule has 1 heterocycles. The third-order valence-corrected chi connectivity index (χ3v) is 1.75. The quantitative estimate of drug-likeness (QED) is 0.741. The maximum atomic E-state index is 11.2. The van der Waals surface area contributed by atoms with Gasteiger partial charge in [0.15, 0.2) is 0 Å². The molecular formula is C9H13N3O2. The van der Waals surface area contributed by atoms with Crippen molar-refractivity contribution >= 4 is 11.7 Å². The van der Waals surface area contributed by atoms with Gasteiger partial charge in [0.25, 0.3) is 0 Å². The molecule has 76 valence electrons. The molecule has 1 N–H and O–H groups in total. The summed E-state index contributed by atoms with van der Waals surface area (Å²) in [5, 5.41) is 2.55. The maximum Gasteiger partial charge on any atom is 0.349 e. The fraction of sp³-hybridized carbons (Fsp3) is 0.444. The zero-order valence-electron chi connectivity index (χ0n) is 8.44. The lowest BCUT2D eigenvalue weighted by Crippen LogP contribution is -2.24. The molecule has 1 aromatic heterocycles. The molecule has 0 saturated carbocycles. The summed E-state index contributed by atoms with van der Waals surface area (Å²) >= 11 is 0. The van der Waals surface area contributed by atoms with Crippen LogP contribution < -0.4 is 11.0 Å². The van der Waals surface area contributed by atoms with E-state index in [2.05, 4.69) is 10.3 Å². The normalized spacial score (nSPS) is 10.3. The number of carbonyl (C=O) groups is 1. The molecule has 0 aliphatic rings. The number of amides is 1. The first-order valence-electron chi connectivity index (χ1n) is 4.35. The Morgan fingerprint density at radius 3 is 2.71 bits per heavy atom. The van der Waals surface area contributed by atoms with Gasteiger partial charge < -0.3 is 9.88 Å². The summed E-state index contributed by atoms with van der Waals surface area (Å²) in [7, 11) is 1.60. The second kappa shape index (κ2) is 4.04. The van der Waals surface area contributed by atoms with Crippen molar-refractivity contribution in [3.05, 3.63) is 22.7 Å². The van der Waals surface area contributed by atoms with Crippen LogP contribution in [0.4, 0.5) is 5.82 Å². The minimum atomic E-state index is -0.383.